The van der Waals surface area contributed by atoms with Crippen LogP contribution < -0.4 is 10.1 Å². The van der Waals surface area contributed by atoms with Crippen LogP contribution >= 0.6 is 0 Å². The van der Waals surface area contributed by atoms with Gasteiger partial charge in [0.25, 0.3) is 0 Å². The average molecular weight is 446 g/mol. The maximum Gasteiger partial charge on any atom is 0.491 e. The van der Waals surface area contributed by atoms with E-state index in [-0.39, 0.29) is 13.0 Å². The Bertz CT molecular complexity index is 650. The average Bonchev–Trinajstić information content (AvgIpc) is 2.72. The van der Waals surface area contributed by atoms with Gasteiger partial charge in [-0.1, -0.05) is 57.6 Å². The number of rotatable bonds is 16. The number of halogens is 3. The van der Waals surface area contributed by atoms with E-state index in [4.69, 9.17) is 4.74 Å². The molecule has 1 aromatic carbocycles. The van der Waals surface area contributed by atoms with Gasteiger partial charge < -0.3 is 14.8 Å². The summed E-state index contributed by atoms with van der Waals surface area (Å²) in [5.41, 5.74) is 1.13. The highest BCUT2D eigenvalue weighted by Crippen LogP contribution is 2.17. The molecule has 0 atom stereocenters. The Morgan fingerprint density at radius 1 is 0.968 bits per heavy atom. The maximum atomic E-state index is 12.0. The summed E-state index contributed by atoms with van der Waals surface area (Å²) in [7, 11) is 0. The third-order valence-electron chi connectivity index (χ3n) is 4.68. The van der Waals surface area contributed by atoms with Crippen LogP contribution in [0, 0.1) is 0 Å². The van der Waals surface area contributed by atoms with Crippen molar-refractivity contribution in [2.24, 2.45) is 0 Å². The third kappa shape index (κ3) is 13.8. The first kappa shape index (κ1) is 26.9. The van der Waals surface area contributed by atoms with E-state index >= 15 is 0 Å². The largest absolute Gasteiger partial charge is 0.494 e. The number of alkyl halides is 3. The molecule has 0 fully saturated rings. The summed E-state index contributed by atoms with van der Waals surface area (Å²) in [5.74, 6) is -2.82. The van der Waals surface area contributed by atoms with E-state index in [1.807, 2.05) is 24.3 Å². The van der Waals surface area contributed by atoms with Gasteiger partial charge >= 0.3 is 18.1 Å². The molecule has 0 radical (unpaired) electrons. The smallest absolute Gasteiger partial charge is 0.491 e. The van der Waals surface area contributed by atoms with E-state index in [0.29, 0.717) is 13.2 Å². The number of hydrogen-bond donors (Lipinski definition) is 1. The summed E-state index contributed by atoms with van der Waals surface area (Å²) in [6.45, 7) is 3.66. The molecule has 31 heavy (non-hydrogen) atoms. The molecule has 1 aromatic rings. The number of hydrogen-bond acceptors (Lipinski definition) is 5. The molecule has 0 saturated heterocycles. The minimum Gasteiger partial charge on any atom is -0.494 e. The fourth-order valence-corrected chi connectivity index (χ4v) is 2.99. The van der Waals surface area contributed by atoms with Crippen LogP contribution in [0.15, 0.2) is 24.3 Å². The lowest BCUT2D eigenvalue weighted by Gasteiger charge is -2.09. The second-order valence-corrected chi connectivity index (χ2v) is 7.48. The summed E-state index contributed by atoms with van der Waals surface area (Å²) in [6, 6.07) is 7.93. The predicted octanol–water partition coefficient (Wildman–Crippen LogP) is 5.36. The molecule has 0 aromatic heterocycles. The molecular formula is C23H34F3NO4. The number of ether oxygens (including phenoxy) is 2. The number of nitrogens with one attached hydrogen (secondary N) is 1. The zero-order valence-electron chi connectivity index (χ0n) is 18.3. The lowest BCUT2D eigenvalue weighted by molar-refractivity contribution is -0.201. The molecule has 0 aliphatic heterocycles. The van der Waals surface area contributed by atoms with E-state index in [9.17, 15) is 22.8 Å². The van der Waals surface area contributed by atoms with Gasteiger partial charge in [-0.2, -0.15) is 13.2 Å². The molecule has 0 aliphatic rings. The Balaban J connectivity index is 2.11. The second kappa shape index (κ2) is 15.7. The standard InChI is InChI=1S/C23H34F3NO4/c1-2-3-4-5-6-7-8-17-30-20-13-9-11-19(18-20)12-10-15-27-16-14-21(28)31-22(29)23(24,25)26/h9,11,13,18,27H,2-8,10,12,14-17H2,1H3. The van der Waals surface area contributed by atoms with Gasteiger partial charge in [0.2, 0.25) is 0 Å². The van der Waals surface area contributed by atoms with Crippen LogP contribution in [0.25, 0.3) is 0 Å². The van der Waals surface area contributed by atoms with Crippen molar-refractivity contribution in [1.82, 2.24) is 5.32 Å². The number of carbonyl (C=O) groups is 2. The van der Waals surface area contributed by atoms with Crippen LogP contribution in [0.3, 0.4) is 0 Å². The van der Waals surface area contributed by atoms with Gasteiger partial charge in [-0.05, 0) is 43.5 Å². The lowest BCUT2D eigenvalue weighted by Crippen LogP contribution is -2.29. The van der Waals surface area contributed by atoms with Crippen LogP contribution in [0.4, 0.5) is 13.2 Å². The van der Waals surface area contributed by atoms with Crippen LogP contribution in [0.1, 0.15) is 70.3 Å². The van der Waals surface area contributed by atoms with Crippen molar-refractivity contribution in [3.8, 4) is 5.75 Å². The van der Waals surface area contributed by atoms with Gasteiger partial charge in [0, 0.05) is 6.54 Å². The summed E-state index contributed by atoms with van der Waals surface area (Å²) in [6.07, 6.45) is 4.82. The number of unbranched alkanes of at least 4 members (excludes halogenated alkanes) is 6. The highest BCUT2D eigenvalue weighted by Gasteiger charge is 2.42. The first-order valence-electron chi connectivity index (χ1n) is 11.1. The third-order valence-corrected chi connectivity index (χ3v) is 4.68. The highest BCUT2D eigenvalue weighted by atomic mass is 19.4. The van der Waals surface area contributed by atoms with Gasteiger partial charge in [-0.25, -0.2) is 4.79 Å². The molecule has 0 spiro atoms. The van der Waals surface area contributed by atoms with Crippen molar-refractivity contribution in [3.05, 3.63) is 29.8 Å². The van der Waals surface area contributed by atoms with Crippen LogP contribution in [-0.4, -0.2) is 37.8 Å². The van der Waals surface area contributed by atoms with E-state index in [2.05, 4.69) is 17.0 Å². The molecule has 0 heterocycles. The van der Waals surface area contributed by atoms with Crippen molar-refractivity contribution in [3.63, 3.8) is 0 Å². The Hall–Kier alpha value is -2.09. The molecule has 8 heteroatoms. The zero-order valence-corrected chi connectivity index (χ0v) is 18.3. The molecule has 5 nitrogen and oxygen atoms in total. The summed E-state index contributed by atoms with van der Waals surface area (Å²) >= 11 is 0. The lowest BCUT2D eigenvalue weighted by atomic mass is 10.1. The highest BCUT2D eigenvalue weighted by molar-refractivity contribution is 5.88. The first-order chi connectivity index (χ1) is 14.8. The van der Waals surface area contributed by atoms with Gasteiger partial charge in [0.15, 0.2) is 0 Å². The minimum absolute atomic E-state index is 0.144. The number of carbonyl (C=O) groups excluding carboxylic acids is 2. The van der Waals surface area contributed by atoms with Gasteiger partial charge in [-0.15, -0.1) is 0 Å². The van der Waals surface area contributed by atoms with Gasteiger partial charge in [0.05, 0.1) is 13.0 Å². The van der Waals surface area contributed by atoms with Crippen molar-refractivity contribution < 1.29 is 32.2 Å². The Morgan fingerprint density at radius 3 is 2.39 bits per heavy atom. The fourth-order valence-electron chi connectivity index (χ4n) is 2.99. The van der Waals surface area contributed by atoms with Crippen molar-refractivity contribution in [2.45, 2.75) is 77.3 Å². The van der Waals surface area contributed by atoms with E-state index in [1.54, 1.807) is 0 Å². The monoisotopic (exact) mass is 445 g/mol. The van der Waals surface area contributed by atoms with E-state index in [1.165, 1.54) is 38.5 Å². The fraction of sp³-hybridized carbons (Fsp3) is 0.652. The molecule has 176 valence electrons. The van der Waals surface area contributed by atoms with Crippen molar-refractivity contribution >= 4 is 11.9 Å². The van der Waals surface area contributed by atoms with Crippen LogP contribution in [0.5, 0.6) is 5.75 Å². The molecule has 0 aliphatic carbocycles. The second-order valence-electron chi connectivity index (χ2n) is 7.48. The van der Waals surface area contributed by atoms with E-state index in [0.717, 1.165) is 30.6 Å². The minimum atomic E-state index is -5.16. The molecule has 0 amide bonds. The number of esters is 2. The summed E-state index contributed by atoms with van der Waals surface area (Å²) in [5, 5.41) is 2.95. The molecule has 0 saturated carbocycles. The predicted molar refractivity (Wildman–Crippen MR) is 113 cm³/mol. The SMILES string of the molecule is CCCCCCCCCOc1cccc(CCCNCCC(=O)OC(=O)C(F)(F)F)c1. The van der Waals surface area contributed by atoms with Crippen LogP contribution in [-0.2, 0) is 20.7 Å². The zero-order chi connectivity index (χ0) is 23.0. The van der Waals surface area contributed by atoms with Crippen molar-refractivity contribution in [1.29, 1.82) is 0 Å². The Labute approximate surface area is 182 Å². The molecular weight excluding hydrogens is 411 g/mol. The van der Waals surface area contributed by atoms with Crippen molar-refractivity contribution in [2.75, 3.05) is 19.7 Å². The van der Waals surface area contributed by atoms with Crippen LogP contribution in [0.2, 0.25) is 0 Å². The Kier molecular flexibility index (Phi) is 13.6. The number of benzene rings is 1. The summed E-state index contributed by atoms with van der Waals surface area (Å²) in [4.78, 5) is 21.7. The number of aryl methyl sites for hydroxylation is 1. The normalized spacial score (nSPS) is 11.4. The summed E-state index contributed by atoms with van der Waals surface area (Å²) < 4.78 is 45.5. The maximum absolute atomic E-state index is 12.0. The Morgan fingerprint density at radius 2 is 1.68 bits per heavy atom. The van der Waals surface area contributed by atoms with E-state index < -0.39 is 18.1 Å². The molecule has 1 N–H and O–H groups in total. The first-order valence-corrected chi connectivity index (χ1v) is 11.1. The molecule has 0 unspecified atom stereocenters. The van der Waals surface area contributed by atoms with Gasteiger partial charge in [0.1, 0.15) is 5.75 Å². The van der Waals surface area contributed by atoms with Gasteiger partial charge in [-0.3, -0.25) is 4.79 Å². The topological polar surface area (TPSA) is 64.6 Å². The quantitative estimate of drug-likeness (QED) is 0.211. The molecule has 1 rings (SSSR count). The molecule has 0 bridgehead atoms.